The molecule has 0 bridgehead atoms. The molecule has 2 rings (SSSR count). The number of carbonyl (C=O) groups excluding carboxylic acids is 1. The highest BCUT2D eigenvalue weighted by Crippen LogP contribution is 2.27. The average molecular weight is 316 g/mol. The Hall–Kier alpha value is -2.27. The lowest BCUT2D eigenvalue weighted by Crippen LogP contribution is -2.13. The van der Waals surface area contributed by atoms with Gasteiger partial charge >= 0.3 is 0 Å². The quantitative estimate of drug-likeness (QED) is 0.761. The molecule has 0 unspecified atom stereocenters. The van der Waals surface area contributed by atoms with Gasteiger partial charge in [0.25, 0.3) is 5.91 Å². The molecule has 0 aliphatic rings. The molecule has 0 spiro atoms. The van der Waals surface area contributed by atoms with Crippen LogP contribution >= 0.6 is 0 Å². The number of aromatic nitrogens is 1. The summed E-state index contributed by atoms with van der Waals surface area (Å²) >= 11 is 0. The minimum Gasteiger partial charge on any atom is -0.497 e. The molecule has 1 aromatic heterocycles. The monoisotopic (exact) mass is 316 g/mol. The molecular weight excluding hydrogens is 292 g/mol. The van der Waals surface area contributed by atoms with E-state index in [9.17, 15) is 4.79 Å². The molecule has 0 atom stereocenters. The third-order valence-electron chi connectivity index (χ3n) is 3.89. The van der Waals surface area contributed by atoms with Crippen molar-refractivity contribution < 1.29 is 14.3 Å². The minimum atomic E-state index is -0.402. The second-order valence-electron chi connectivity index (χ2n) is 5.32. The Morgan fingerprint density at radius 2 is 1.96 bits per heavy atom. The second-order valence-corrected chi connectivity index (χ2v) is 5.32. The predicted octanol–water partition coefficient (Wildman–Crippen LogP) is 3.00. The van der Waals surface area contributed by atoms with Crippen LogP contribution in [0.15, 0.2) is 30.3 Å². The summed E-state index contributed by atoms with van der Waals surface area (Å²) in [6.45, 7) is 6.09. The van der Waals surface area contributed by atoms with Gasteiger partial charge in [-0.15, -0.1) is 0 Å². The van der Waals surface area contributed by atoms with E-state index in [-0.39, 0.29) is 0 Å². The van der Waals surface area contributed by atoms with Crippen molar-refractivity contribution in [1.82, 2.24) is 4.57 Å². The highest BCUT2D eigenvalue weighted by atomic mass is 16.5. The van der Waals surface area contributed by atoms with E-state index >= 15 is 0 Å². The van der Waals surface area contributed by atoms with Crippen molar-refractivity contribution in [3.8, 4) is 17.0 Å². The number of carbonyl (C=O) groups is 1. The molecule has 1 heterocycles. The normalized spacial score (nSPS) is 10.7. The summed E-state index contributed by atoms with van der Waals surface area (Å²) in [5, 5.41) is 0. The molecule has 0 fully saturated rings. The van der Waals surface area contributed by atoms with E-state index in [0.29, 0.717) is 18.8 Å². The fourth-order valence-corrected chi connectivity index (χ4v) is 2.65. The molecule has 5 heteroatoms. The van der Waals surface area contributed by atoms with Crippen molar-refractivity contribution >= 4 is 5.91 Å². The second kappa shape index (κ2) is 7.83. The third kappa shape index (κ3) is 3.93. The van der Waals surface area contributed by atoms with Crippen LogP contribution in [-0.2, 0) is 11.3 Å². The van der Waals surface area contributed by atoms with Gasteiger partial charge in [-0.3, -0.25) is 4.79 Å². The van der Waals surface area contributed by atoms with Gasteiger partial charge in [0.15, 0.2) is 0 Å². The minimum absolute atomic E-state index is 0.402. The summed E-state index contributed by atoms with van der Waals surface area (Å²) in [4.78, 5) is 11.7. The van der Waals surface area contributed by atoms with Crippen LogP contribution < -0.4 is 10.5 Å². The van der Waals surface area contributed by atoms with Crippen LogP contribution in [0, 0.1) is 6.92 Å². The Morgan fingerprint density at radius 1 is 1.26 bits per heavy atom. The summed E-state index contributed by atoms with van der Waals surface area (Å²) in [7, 11) is 1.64. The van der Waals surface area contributed by atoms with E-state index < -0.39 is 5.91 Å². The highest BCUT2D eigenvalue weighted by molar-refractivity contribution is 5.95. The van der Waals surface area contributed by atoms with E-state index in [1.165, 1.54) is 0 Å². The number of nitrogens with zero attached hydrogens (tertiary/aromatic N) is 1. The van der Waals surface area contributed by atoms with Crippen LogP contribution in [0.25, 0.3) is 11.3 Å². The van der Waals surface area contributed by atoms with Crippen LogP contribution in [0.5, 0.6) is 5.75 Å². The fraction of sp³-hybridized carbons (Fsp3) is 0.389. The molecule has 0 saturated heterocycles. The van der Waals surface area contributed by atoms with Crippen molar-refractivity contribution in [2.75, 3.05) is 20.3 Å². The molecule has 2 N–H and O–H groups in total. The third-order valence-corrected chi connectivity index (χ3v) is 3.89. The van der Waals surface area contributed by atoms with Gasteiger partial charge in [-0.2, -0.15) is 0 Å². The number of nitrogens with two attached hydrogens (primary N) is 1. The molecule has 1 aromatic carbocycles. The van der Waals surface area contributed by atoms with E-state index in [2.05, 4.69) is 4.57 Å². The van der Waals surface area contributed by atoms with E-state index in [1.807, 2.05) is 44.2 Å². The number of hydrogen-bond acceptors (Lipinski definition) is 3. The zero-order valence-electron chi connectivity index (χ0n) is 14.0. The molecular formula is C18H24N2O3. The molecule has 124 valence electrons. The molecule has 0 radical (unpaired) electrons. The molecule has 1 amide bonds. The number of benzene rings is 1. The van der Waals surface area contributed by atoms with E-state index in [1.54, 1.807) is 7.11 Å². The summed E-state index contributed by atoms with van der Waals surface area (Å²) in [5.41, 5.74) is 8.96. The summed E-state index contributed by atoms with van der Waals surface area (Å²) in [5.74, 6) is 0.399. The maximum atomic E-state index is 11.7. The lowest BCUT2D eigenvalue weighted by atomic mass is 10.1. The van der Waals surface area contributed by atoms with Crippen LogP contribution in [0.2, 0.25) is 0 Å². The Kier molecular flexibility index (Phi) is 5.82. The number of methoxy groups -OCH3 is 1. The van der Waals surface area contributed by atoms with Gasteiger partial charge in [0.2, 0.25) is 0 Å². The first kappa shape index (κ1) is 17.1. The summed E-state index contributed by atoms with van der Waals surface area (Å²) in [6, 6.07) is 9.65. The topological polar surface area (TPSA) is 66.5 Å². The smallest absolute Gasteiger partial charge is 0.250 e. The Morgan fingerprint density at radius 3 is 2.52 bits per heavy atom. The number of hydrogen-bond donors (Lipinski definition) is 1. The Bertz CT molecular complexity index is 660. The average Bonchev–Trinajstić information content (AvgIpc) is 2.89. The van der Waals surface area contributed by atoms with Crippen molar-refractivity contribution in [2.24, 2.45) is 5.73 Å². The lowest BCUT2D eigenvalue weighted by Gasteiger charge is -2.12. The number of ether oxygens (including phenoxy) is 2. The lowest BCUT2D eigenvalue weighted by molar-refractivity contribution is 0.0999. The number of amides is 1. The van der Waals surface area contributed by atoms with Gasteiger partial charge in [0.1, 0.15) is 5.75 Å². The molecule has 5 nitrogen and oxygen atoms in total. The van der Waals surface area contributed by atoms with Gasteiger partial charge < -0.3 is 19.8 Å². The number of rotatable bonds is 8. The van der Waals surface area contributed by atoms with Crippen molar-refractivity contribution in [1.29, 1.82) is 0 Å². The fourth-order valence-electron chi connectivity index (χ4n) is 2.65. The Balaban J connectivity index is 2.35. The molecule has 2 aromatic rings. The molecule has 0 aliphatic carbocycles. The predicted molar refractivity (Wildman–Crippen MR) is 90.8 cm³/mol. The van der Waals surface area contributed by atoms with E-state index in [4.69, 9.17) is 15.2 Å². The maximum Gasteiger partial charge on any atom is 0.250 e. The first-order valence-electron chi connectivity index (χ1n) is 7.80. The molecule has 0 saturated carbocycles. The zero-order chi connectivity index (χ0) is 16.8. The van der Waals surface area contributed by atoms with Crippen molar-refractivity contribution in [3.05, 3.63) is 41.6 Å². The van der Waals surface area contributed by atoms with Gasteiger partial charge in [-0.25, -0.2) is 0 Å². The van der Waals surface area contributed by atoms with Crippen molar-refractivity contribution in [2.45, 2.75) is 26.8 Å². The first-order valence-corrected chi connectivity index (χ1v) is 7.80. The maximum absolute atomic E-state index is 11.7. The van der Waals surface area contributed by atoms with E-state index in [0.717, 1.165) is 35.7 Å². The van der Waals surface area contributed by atoms with Gasteiger partial charge in [0, 0.05) is 31.1 Å². The summed E-state index contributed by atoms with van der Waals surface area (Å²) in [6.07, 6.45) is 0.880. The van der Waals surface area contributed by atoms with Crippen molar-refractivity contribution in [3.63, 3.8) is 0 Å². The first-order chi connectivity index (χ1) is 11.1. The van der Waals surface area contributed by atoms with Gasteiger partial charge in [0.05, 0.1) is 12.7 Å². The standard InChI is InChI=1S/C18H24N2O3/c1-4-23-11-5-10-20-13(2)16(18(19)21)12-17(20)14-6-8-15(22-3)9-7-14/h6-9,12H,4-5,10-11H2,1-3H3,(H2,19,21). The highest BCUT2D eigenvalue weighted by Gasteiger charge is 2.16. The van der Waals surface area contributed by atoms with Crippen LogP contribution in [0.4, 0.5) is 0 Å². The largest absolute Gasteiger partial charge is 0.497 e. The Labute approximate surface area is 137 Å². The summed E-state index contributed by atoms with van der Waals surface area (Å²) < 4.78 is 12.7. The molecule has 23 heavy (non-hydrogen) atoms. The van der Waals surface area contributed by atoms with Gasteiger partial charge in [-0.05, 0) is 56.2 Å². The van der Waals surface area contributed by atoms with Crippen LogP contribution in [0.1, 0.15) is 29.4 Å². The zero-order valence-corrected chi connectivity index (χ0v) is 14.0. The van der Waals surface area contributed by atoms with Gasteiger partial charge in [-0.1, -0.05) is 0 Å². The van der Waals surface area contributed by atoms with Crippen LogP contribution in [-0.4, -0.2) is 30.8 Å². The van der Waals surface area contributed by atoms with Crippen LogP contribution in [0.3, 0.4) is 0 Å². The number of primary amides is 1. The SMILES string of the molecule is CCOCCCn1c(-c2ccc(OC)cc2)cc(C(N)=O)c1C. The molecule has 0 aliphatic heterocycles.